The third-order valence-electron chi connectivity index (χ3n) is 5.93. The summed E-state index contributed by atoms with van der Waals surface area (Å²) in [4.78, 5) is 0. The quantitative estimate of drug-likeness (QED) is 0.272. The highest BCUT2D eigenvalue weighted by Gasteiger charge is 2.16. The number of hydrogen-bond acceptors (Lipinski definition) is 1. The zero-order valence-corrected chi connectivity index (χ0v) is 18.0. The largest absolute Gasteiger partial charge is 0.456 e. The van der Waals surface area contributed by atoms with Crippen molar-refractivity contribution in [3.05, 3.63) is 120 Å². The van der Waals surface area contributed by atoms with E-state index in [1.807, 2.05) is 42.5 Å². The Kier molecular flexibility index (Phi) is 4.56. The van der Waals surface area contributed by atoms with Gasteiger partial charge in [-0.1, -0.05) is 90.5 Å². The molecule has 0 aliphatic carbocycles. The van der Waals surface area contributed by atoms with Crippen molar-refractivity contribution in [3.63, 3.8) is 0 Å². The van der Waals surface area contributed by atoms with E-state index < -0.39 is 0 Å². The normalized spacial score (nSPS) is 11.3. The second kappa shape index (κ2) is 7.71. The highest BCUT2D eigenvalue weighted by atomic mass is 35.5. The molecule has 0 unspecified atom stereocenters. The minimum absolute atomic E-state index is 0.705. The van der Waals surface area contributed by atoms with Crippen LogP contribution in [-0.4, -0.2) is 0 Å². The molecule has 0 saturated heterocycles. The van der Waals surface area contributed by atoms with E-state index >= 15 is 0 Å². The van der Waals surface area contributed by atoms with Crippen molar-refractivity contribution in [1.82, 2.24) is 0 Å². The topological polar surface area (TPSA) is 13.1 Å². The van der Waals surface area contributed by atoms with Crippen molar-refractivity contribution < 1.29 is 4.42 Å². The van der Waals surface area contributed by atoms with Crippen LogP contribution >= 0.6 is 11.6 Å². The van der Waals surface area contributed by atoms with Crippen LogP contribution in [0.25, 0.3) is 55.3 Å². The van der Waals surface area contributed by atoms with Gasteiger partial charge in [0.15, 0.2) is 0 Å². The van der Waals surface area contributed by atoms with Crippen LogP contribution < -0.4 is 0 Å². The smallest absolute Gasteiger partial charge is 0.136 e. The number of rotatable bonds is 3. The van der Waals surface area contributed by atoms with Gasteiger partial charge < -0.3 is 4.42 Å². The van der Waals surface area contributed by atoms with E-state index in [-0.39, 0.29) is 0 Å². The highest BCUT2D eigenvalue weighted by molar-refractivity contribution is 6.38. The predicted molar refractivity (Wildman–Crippen MR) is 135 cm³/mol. The molecule has 2 heteroatoms. The summed E-state index contributed by atoms with van der Waals surface area (Å²) in [5.41, 5.74) is 8.64. The Bertz CT molecular complexity index is 1510. The van der Waals surface area contributed by atoms with Crippen LogP contribution in [0.3, 0.4) is 0 Å². The Balaban J connectivity index is 1.67. The van der Waals surface area contributed by atoms with Gasteiger partial charge in [-0.3, -0.25) is 0 Å². The zero-order chi connectivity index (χ0) is 21.5. The minimum Gasteiger partial charge on any atom is -0.456 e. The summed E-state index contributed by atoms with van der Waals surface area (Å²) in [6.07, 6.45) is 0. The number of benzene rings is 5. The van der Waals surface area contributed by atoms with Crippen molar-refractivity contribution in [2.24, 2.45) is 0 Å². The van der Waals surface area contributed by atoms with Gasteiger partial charge in [0.25, 0.3) is 0 Å². The zero-order valence-electron chi connectivity index (χ0n) is 17.3. The predicted octanol–water partition coefficient (Wildman–Crippen LogP) is 9.24. The molecule has 0 amide bonds. The number of furan rings is 1. The fraction of sp³-hybridized carbons (Fsp3) is 0. The summed E-state index contributed by atoms with van der Waals surface area (Å²) in [7, 11) is 0. The second-order valence-electron chi connectivity index (χ2n) is 7.92. The average molecular weight is 431 g/mol. The van der Waals surface area contributed by atoms with Crippen molar-refractivity contribution in [1.29, 1.82) is 0 Å². The van der Waals surface area contributed by atoms with E-state index in [2.05, 4.69) is 72.8 Å². The summed E-state index contributed by atoms with van der Waals surface area (Å²) < 4.78 is 6.14. The van der Waals surface area contributed by atoms with Gasteiger partial charge in [-0.15, -0.1) is 0 Å². The molecule has 0 aliphatic heterocycles. The van der Waals surface area contributed by atoms with Gasteiger partial charge in [0.05, 0.1) is 5.02 Å². The maximum Gasteiger partial charge on any atom is 0.136 e. The molecule has 0 spiro atoms. The number of hydrogen-bond donors (Lipinski definition) is 0. The van der Waals surface area contributed by atoms with Crippen LogP contribution in [0.4, 0.5) is 0 Å². The van der Waals surface area contributed by atoms with Crippen molar-refractivity contribution in [2.75, 3.05) is 0 Å². The molecule has 32 heavy (non-hydrogen) atoms. The van der Waals surface area contributed by atoms with Gasteiger partial charge in [-0.25, -0.2) is 0 Å². The van der Waals surface area contributed by atoms with E-state index in [0.29, 0.717) is 5.02 Å². The molecule has 1 nitrogen and oxygen atoms in total. The summed E-state index contributed by atoms with van der Waals surface area (Å²) in [5, 5.41) is 2.72. The Labute approximate surface area is 191 Å². The van der Waals surface area contributed by atoms with Crippen LogP contribution in [0.5, 0.6) is 0 Å². The number of halogens is 1. The lowest BCUT2D eigenvalue weighted by Gasteiger charge is -2.12. The van der Waals surface area contributed by atoms with E-state index in [1.54, 1.807) is 0 Å². The molecule has 6 aromatic rings. The summed E-state index contributed by atoms with van der Waals surface area (Å²) in [6, 6.07) is 39.8. The first kappa shape index (κ1) is 18.9. The first-order valence-electron chi connectivity index (χ1n) is 10.6. The molecular formula is C30H19ClO. The Morgan fingerprint density at radius 2 is 0.969 bits per heavy atom. The average Bonchev–Trinajstić information content (AvgIpc) is 3.25. The molecule has 1 heterocycles. The minimum atomic E-state index is 0.705. The molecule has 0 N–H and O–H groups in total. The van der Waals surface area contributed by atoms with Crippen LogP contribution in [0.15, 0.2) is 120 Å². The maximum absolute atomic E-state index is 6.63. The van der Waals surface area contributed by atoms with Gasteiger partial charge in [0.1, 0.15) is 11.2 Å². The van der Waals surface area contributed by atoms with E-state index in [4.69, 9.17) is 16.0 Å². The molecule has 0 bridgehead atoms. The summed E-state index contributed by atoms with van der Waals surface area (Å²) >= 11 is 6.63. The van der Waals surface area contributed by atoms with Crippen LogP contribution in [0.2, 0.25) is 5.02 Å². The summed E-state index contributed by atoms with van der Waals surface area (Å²) in [6.45, 7) is 0. The third-order valence-corrected chi connectivity index (χ3v) is 6.24. The van der Waals surface area contributed by atoms with Crippen molar-refractivity contribution in [2.45, 2.75) is 0 Å². The molecular weight excluding hydrogens is 412 g/mol. The number of fused-ring (bicyclic) bond motifs is 3. The fourth-order valence-electron chi connectivity index (χ4n) is 4.44. The van der Waals surface area contributed by atoms with E-state index in [0.717, 1.165) is 33.1 Å². The molecule has 6 rings (SSSR count). The lowest BCUT2D eigenvalue weighted by molar-refractivity contribution is 0.669. The molecule has 0 aliphatic rings. The van der Waals surface area contributed by atoms with Gasteiger partial charge in [0, 0.05) is 10.8 Å². The molecule has 0 radical (unpaired) electrons. The third kappa shape index (κ3) is 3.19. The van der Waals surface area contributed by atoms with Crippen LogP contribution in [-0.2, 0) is 0 Å². The highest BCUT2D eigenvalue weighted by Crippen LogP contribution is 2.41. The van der Waals surface area contributed by atoms with Crippen molar-refractivity contribution >= 4 is 33.5 Å². The maximum atomic E-state index is 6.63. The van der Waals surface area contributed by atoms with Crippen molar-refractivity contribution in [3.8, 4) is 33.4 Å². The molecule has 1 aromatic heterocycles. The van der Waals surface area contributed by atoms with Gasteiger partial charge in [0.2, 0.25) is 0 Å². The summed E-state index contributed by atoms with van der Waals surface area (Å²) in [5.74, 6) is 0. The van der Waals surface area contributed by atoms with E-state index in [1.165, 1.54) is 22.3 Å². The lowest BCUT2D eigenvalue weighted by Crippen LogP contribution is -1.87. The van der Waals surface area contributed by atoms with Gasteiger partial charge in [-0.05, 0) is 69.8 Å². The standard InChI is InChI=1S/C30H19ClO/c31-26-14-8-16-28-30(26)29-25(13-7-15-27(29)32-28)24-18-22(20-9-3-1-4-10-20)17-23(19-24)21-11-5-2-6-12-21/h1-19H. The van der Waals surface area contributed by atoms with Crippen LogP contribution in [0, 0.1) is 0 Å². The lowest BCUT2D eigenvalue weighted by atomic mass is 9.91. The van der Waals surface area contributed by atoms with Gasteiger partial charge >= 0.3 is 0 Å². The van der Waals surface area contributed by atoms with Gasteiger partial charge in [-0.2, -0.15) is 0 Å². The second-order valence-corrected chi connectivity index (χ2v) is 8.33. The molecule has 0 saturated carbocycles. The SMILES string of the molecule is Clc1cccc2oc3cccc(-c4cc(-c5ccccc5)cc(-c5ccccc5)c4)c3c12. The Morgan fingerprint density at radius 3 is 1.59 bits per heavy atom. The molecule has 0 atom stereocenters. The molecule has 152 valence electrons. The first-order chi connectivity index (χ1) is 15.8. The monoisotopic (exact) mass is 430 g/mol. The fourth-order valence-corrected chi connectivity index (χ4v) is 4.70. The van der Waals surface area contributed by atoms with Crippen LogP contribution in [0.1, 0.15) is 0 Å². The molecule has 5 aromatic carbocycles. The first-order valence-corrected chi connectivity index (χ1v) is 11.0. The van der Waals surface area contributed by atoms with E-state index in [9.17, 15) is 0 Å². The Morgan fingerprint density at radius 1 is 0.438 bits per heavy atom. The molecule has 0 fully saturated rings. The Hall–Kier alpha value is -3.81.